The van der Waals surface area contributed by atoms with Crippen LogP contribution in [0.3, 0.4) is 0 Å². The van der Waals surface area contributed by atoms with E-state index in [-0.39, 0.29) is 18.0 Å². The Balaban J connectivity index is 2.13. The number of amides is 1. The molecule has 0 bridgehead atoms. The van der Waals surface area contributed by atoms with E-state index in [1.807, 2.05) is 18.2 Å². The first-order valence-corrected chi connectivity index (χ1v) is 9.33. The highest BCUT2D eigenvalue weighted by atomic mass is 19.1. The lowest BCUT2D eigenvalue weighted by Gasteiger charge is -2.24. The van der Waals surface area contributed by atoms with E-state index in [1.165, 1.54) is 17.0 Å². The summed E-state index contributed by atoms with van der Waals surface area (Å²) in [4.78, 5) is 24.1. The molecule has 0 N–H and O–H groups in total. The van der Waals surface area contributed by atoms with E-state index in [9.17, 15) is 19.3 Å². The summed E-state index contributed by atoms with van der Waals surface area (Å²) in [5, 5.41) is 11.1. The number of benzene rings is 2. The van der Waals surface area contributed by atoms with Crippen molar-refractivity contribution in [2.24, 2.45) is 0 Å². The van der Waals surface area contributed by atoms with Gasteiger partial charge in [0.25, 0.3) is 0 Å². The molecule has 2 aromatic rings. The number of carbonyl (C=O) groups excluding carboxylic acids is 1. The quantitative estimate of drug-likeness (QED) is 0.339. The highest BCUT2D eigenvalue weighted by Crippen LogP contribution is 2.29. The van der Waals surface area contributed by atoms with Crippen molar-refractivity contribution in [1.82, 2.24) is 0 Å². The molecule has 30 heavy (non-hydrogen) atoms. The molecule has 1 amide bonds. The summed E-state index contributed by atoms with van der Waals surface area (Å²) in [6, 6.07) is 11.6. The van der Waals surface area contributed by atoms with Gasteiger partial charge in [0, 0.05) is 18.8 Å². The summed E-state index contributed by atoms with van der Waals surface area (Å²) in [7, 11) is 1.63. The summed E-state index contributed by atoms with van der Waals surface area (Å²) in [6.07, 6.45) is 3.13. The summed E-state index contributed by atoms with van der Waals surface area (Å²) < 4.78 is 22.8. The van der Waals surface area contributed by atoms with E-state index in [0.29, 0.717) is 11.3 Å². The highest BCUT2D eigenvalue weighted by Gasteiger charge is 2.20. The van der Waals surface area contributed by atoms with Gasteiger partial charge in [0.1, 0.15) is 18.9 Å². The van der Waals surface area contributed by atoms with Gasteiger partial charge in [-0.3, -0.25) is 15.0 Å². The van der Waals surface area contributed by atoms with Gasteiger partial charge in [0.05, 0.1) is 4.92 Å². The van der Waals surface area contributed by atoms with Crippen LogP contribution in [0.25, 0.3) is 12.2 Å². The van der Waals surface area contributed by atoms with Crippen molar-refractivity contribution < 1.29 is 23.6 Å². The third-order valence-electron chi connectivity index (χ3n) is 3.93. The van der Waals surface area contributed by atoms with Crippen LogP contribution in [0, 0.1) is 10.1 Å². The van der Waals surface area contributed by atoms with Crippen molar-refractivity contribution >= 4 is 29.6 Å². The first-order valence-electron chi connectivity index (χ1n) is 9.33. The van der Waals surface area contributed by atoms with E-state index in [4.69, 9.17) is 9.47 Å². The van der Waals surface area contributed by atoms with E-state index in [0.717, 1.165) is 5.56 Å². The normalized spacial score (nSPS) is 11.4. The van der Waals surface area contributed by atoms with E-state index in [1.54, 1.807) is 52.1 Å². The Kier molecular flexibility index (Phi) is 7.52. The number of hydrogen-bond donors (Lipinski definition) is 0. The minimum Gasteiger partial charge on any atom is -0.484 e. The molecule has 2 aromatic carbocycles. The van der Waals surface area contributed by atoms with Gasteiger partial charge >= 0.3 is 11.8 Å². The van der Waals surface area contributed by atoms with Gasteiger partial charge in [-0.05, 0) is 56.2 Å². The monoisotopic (exact) mass is 416 g/mol. The second-order valence-corrected chi connectivity index (χ2v) is 7.49. The first kappa shape index (κ1) is 22.9. The molecular weight excluding hydrogens is 391 g/mol. The Labute approximate surface area is 174 Å². The van der Waals surface area contributed by atoms with Gasteiger partial charge in [-0.25, -0.2) is 9.18 Å². The Morgan fingerprint density at radius 3 is 2.30 bits per heavy atom. The van der Waals surface area contributed by atoms with Crippen molar-refractivity contribution in [3.63, 3.8) is 0 Å². The lowest BCUT2D eigenvalue weighted by Crippen LogP contribution is -2.34. The standard InChI is InChI=1S/C22H25FN2O5/c1-22(2,3)30-21(26)24(4)18-10-7-16(8-11-18)5-6-17-9-12-19(25(27)28)20(15-17)29-14-13-23/h5-12,15H,13-14H2,1-4H3/b6-5+. The molecule has 0 radical (unpaired) electrons. The largest absolute Gasteiger partial charge is 0.484 e. The zero-order chi connectivity index (χ0) is 22.3. The molecule has 0 aromatic heterocycles. The molecule has 160 valence electrons. The van der Waals surface area contributed by atoms with Crippen molar-refractivity contribution in [3.05, 3.63) is 63.7 Å². The van der Waals surface area contributed by atoms with Crippen molar-refractivity contribution in [2.75, 3.05) is 25.2 Å². The average molecular weight is 416 g/mol. The molecule has 0 fully saturated rings. The van der Waals surface area contributed by atoms with E-state index < -0.39 is 23.3 Å². The minimum atomic E-state index is -0.735. The summed E-state index contributed by atoms with van der Waals surface area (Å²) >= 11 is 0. The third kappa shape index (κ3) is 6.58. The maximum absolute atomic E-state index is 12.4. The maximum atomic E-state index is 12.4. The summed E-state index contributed by atoms with van der Waals surface area (Å²) in [5.74, 6) is 0.0223. The fourth-order valence-electron chi connectivity index (χ4n) is 2.49. The number of alkyl halides is 1. The third-order valence-corrected chi connectivity index (χ3v) is 3.93. The van der Waals surface area contributed by atoms with Crippen LogP contribution in [0.4, 0.5) is 20.6 Å². The number of nitrogens with zero attached hydrogens (tertiary/aromatic N) is 2. The van der Waals surface area contributed by atoms with Gasteiger partial charge < -0.3 is 9.47 Å². The second kappa shape index (κ2) is 9.87. The lowest BCUT2D eigenvalue weighted by molar-refractivity contribution is -0.385. The van der Waals surface area contributed by atoms with Crippen LogP contribution < -0.4 is 9.64 Å². The molecular formula is C22H25FN2O5. The predicted molar refractivity (Wildman–Crippen MR) is 115 cm³/mol. The molecule has 0 heterocycles. The molecule has 0 saturated heterocycles. The van der Waals surface area contributed by atoms with Crippen molar-refractivity contribution in [2.45, 2.75) is 26.4 Å². The van der Waals surface area contributed by atoms with Gasteiger partial charge in [-0.15, -0.1) is 0 Å². The van der Waals surface area contributed by atoms with Gasteiger partial charge in [-0.1, -0.05) is 24.3 Å². The van der Waals surface area contributed by atoms with Gasteiger partial charge in [-0.2, -0.15) is 0 Å². The van der Waals surface area contributed by atoms with Crippen LogP contribution in [-0.2, 0) is 4.74 Å². The number of rotatable bonds is 7. The molecule has 0 aliphatic carbocycles. The van der Waals surface area contributed by atoms with Gasteiger partial charge in [0.2, 0.25) is 0 Å². The first-order chi connectivity index (χ1) is 14.1. The molecule has 0 spiro atoms. The number of ether oxygens (including phenoxy) is 2. The van der Waals surface area contributed by atoms with Crippen molar-refractivity contribution in [3.8, 4) is 5.75 Å². The molecule has 8 heteroatoms. The maximum Gasteiger partial charge on any atom is 0.414 e. The second-order valence-electron chi connectivity index (χ2n) is 7.49. The number of halogens is 1. The fourth-order valence-corrected chi connectivity index (χ4v) is 2.49. The Hall–Kier alpha value is -3.42. The topological polar surface area (TPSA) is 81.9 Å². The number of nitro benzene ring substituents is 1. The molecule has 7 nitrogen and oxygen atoms in total. The van der Waals surface area contributed by atoms with Crippen LogP contribution in [0.5, 0.6) is 5.75 Å². The number of nitro groups is 1. The summed E-state index contributed by atoms with van der Waals surface area (Å²) in [5.41, 5.74) is 1.42. The molecule has 0 saturated carbocycles. The molecule has 0 unspecified atom stereocenters. The highest BCUT2D eigenvalue weighted by molar-refractivity contribution is 5.87. The van der Waals surface area contributed by atoms with Gasteiger partial charge in [0.15, 0.2) is 5.75 Å². The number of carbonyl (C=O) groups is 1. The van der Waals surface area contributed by atoms with E-state index >= 15 is 0 Å². The predicted octanol–water partition coefficient (Wildman–Crippen LogP) is 5.48. The lowest BCUT2D eigenvalue weighted by atomic mass is 10.1. The number of anilines is 1. The minimum absolute atomic E-state index is 0.0223. The Morgan fingerprint density at radius 1 is 1.13 bits per heavy atom. The molecule has 0 aliphatic heterocycles. The zero-order valence-electron chi connectivity index (χ0n) is 17.4. The average Bonchev–Trinajstić information content (AvgIpc) is 2.69. The van der Waals surface area contributed by atoms with Crippen LogP contribution in [0.1, 0.15) is 31.9 Å². The van der Waals surface area contributed by atoms with Crippen LogP contribution >= 0.6 is 0 Å². The molecule has 0 aliphatic rings. The zero-order valence-corrected chi connectivity index (χ0v) is 17.4. The smallest absolute Gasteiger partial charge is 0.414 e. The Bertz CT molecular complexity index is 920. The van der Waals surface area contributed by atoms with E-state index in [2.05, 4.69) is 0 Å². The van der Waals surface area contributed by atoms with Crippen molar-refractivity contribution in [1.29, 1.82) is 0 Å². The summed E-state index contributed by atoms with van der Waals surface area (Å²) in [6.45, 7) is 4.43. The molecule has 0 atom stereocenters. The van der Waals surface area contributed by atoms with Crippen LogP contribution in [-0.4, -0.2) is 36.9 Å². The molecule has 2 rings (SSSR count). The Morgan fingerprint density at radius 2 is 1.73 bits per heavy atom. The SMILES string of the molecule is CN(C(=O)OC(C)(C)C)c1ccc(/C=C/c2ccc([N+](=O)[O-])c(OCCF)c2)cc1. The number of hydrogen-bond acceptors (Lipinski definition) is 5. The fraction of sp³-hybridized carbons (Fsp3) is 0.318. The van der Waals surface area contributed by atoms with Crippen LogP contribution in [0.2, 0.25) is 0 Å². The van der Waals surface area contributed by atoms with Crippen LogP contribution in [0.15, 0.2) is 42.5 Å².